The predicted octanol–water partition coefficient (Wildman–Crippen LogP) is 2.66. The monoisotopic (exact) mass is 185 g/mol. The Kier molecular flexibility index (Phi) is 3.50. The van der Waals surface area contributed by atoms with Crippen molar-refractivity contribution in [1.29, 1.82) is 0 Å². The number of pyridine rings is 1. The van der Waals surface area contributed by atoms with Crippen molar-refractivity contribution in [3.8, 4) is 0 Å². The smallest absolute Gasteiger partial charge is 0.0906 e. The van der Waals surface area contributed by atoms with Gasteiger partial charge in [-0.15, -0.1) is 0 Å². The van der Waals surface area contributed by atoms with Crippen LogP contribution in [0.4, 0.5) is 0 Å². The van der Waals surface area contributed by atoms with Crippen LogP contribution in [0.3, 0.4) is 0 Å². The van der Waals surface area contributed by atoms with Crippen molar-refractivity contribution in [2.45, 2.75) is 26.6 Å². The van der Waals surface area contributed by atoms with E-state index < -0.39 is 0 Å². The molecule has 3 heteroatoms. The van der Waals surface area contributed by atoms with E-state index in [1.54, 1.807) is 12.3 Å². The second-order valence-corrected chi connectivity index (χ2v) is 3.20. The first-order chi connectivity index (χ1) is 5.70. The minimum absolute atomic E-state index is 0.211. The molecule has 0 saturated heterocycles. The van der Waals surface area contributed by atoms with Gasteiger partial charge in [0, 0.05) is 6.20 Å². The lowest BCUT2D eigenvalue weighted by molar-refractivity contribution is 0.0636. The Morgan fingerprint density at radius 2 is 2.33 bits per heavy atom. The molecule has 0 aliphatic rings. The van der Waals surface area contributed by atoms with Crippen LogP contribution in [-0.2, 0) is 11.3 Å². The number of hydrogen-bond acceptors (Lipinski definition) is 2. The zero-order chi connectivity index (χ0) is 8.97. The molecule has 0 radical (unpaired) electrons. The van der Waals surface area contributed by atoms with Crippen LogP contribution in [0.1, 0.15) is 19.5 Å². The molecule has 0 aliphatic carbocycles. The average molecular weight is 186 g/mol. The molecular formula is C9H12ClNO. The van der Waals surface area contributed by atoms with Gasteiger partial charge in [-0.05, 0) is 26.0 Å². The van der Waals surface area contributed by atoms with Crippen molar-refractivity contribution < 1.29 is 4.74 Å². The van der Waals surface area contributed by atoms with E-state index in [2.05, 4.69) is 4.98 Å². The average Bonchev–Trinajstić information content (AvgIpc) is 2.03. The normalized spacial score (nSPS) is 10.7. The number of rotatable bonds is 3. The number of aromatic nitrogens is 1. The molecule has 0 unspecified atom stereocenters. The molecular weight excluding hydrogens is 174 g/mol. The van der Waals surface area contributed by atoms with E-state index in [0.717, 1.165) is 5.69 Å². The van der Waals surface area contributed by atoms with E-state index >= 15 is 0 Å². The quantitative estimate of drug-likeness (QED) is 0.723. The maximum atomic E-state index is 5.87. The molecule has 0 fully saturated rings. The second-order valence-electron chi connectivity index (χ2n) is 2.79. The molecule has 0 aliphatic heterocycles. The fraction of sp³-hybridized carbons (Fsp3) is 0.444. The van der Waals surface area contributed by atoms with Crippen molar-refractivity contribution in [2.75, 3.05) is 0 Å². The second kappa shape index (κ2) is 4.43. The Hall–Kier alpha value is -0.600. The molecule has 0 bridgehead atoms. The summed E-state index contributed by atoms with van der Waals surface area (Å²) in [6.07, 6.45) is 1.92. The summed E-state index contributed by atoms with van der Waals surface area (Å²) in [6, 6.07) is 3.62. The van der Waals surface area contributed by atoms with E-state index in [1.165, 1.54) is 0 Å². The first-order valence-electron chi connectivity index (χ1n) is 3.91. The minimum Gasteiger partial charge on any atom is -0.372 e. The molecule has 0 atom stereocenters. The van der Waals surface area contributed by atoms with Gasteiger partial charge < -0.3 is 4.74 Å². The third-order valence-electron chi connectivity index (χ3n) is 1.39. The van der Waals surface area contributed by atoms with E-state index in [9.17, 15) is 0 Å². The highest BCUT2D eigenvalue weighted by Gasteiger charge is 2.01. The fourth-order valence-corrected chi connectivity index (χ4v) is 0.946. The predicted molar refractivity (Wildman–Crippen MR) is 49.2 cm³/mol. The molecule has 0 aromatic carbocycles. The van der Waals surface area contributed by atoms with Crippen LogP contribution >= 0.6 is 11.6 Å². The van der Waals surface area contributed by atoms with Crippen molar-refractivity contribution >= 4 is 11.6 Å². The molecule has 1 rings (SSSR count). The summed E-state index contributed by atoms with van der Waals surface area (Å²) in [5, 5.41) is 0.665. The third-order valence-corrected chi connectivity index (χ3v) is 1.73. The number of nitrogens with zero attached hydrogens (tertiary/aromatic N) is 1. The zero-order valence-electron chi connectivity index (χ0n) is 7.25. The first kappa shape index (κ1) is 9.49. The first-order valence-corrected chi connectivity index (χ1v) is 4.29. The maximum absolute atomic E-state index is 5.87. The van der Waals surface area contributed by atoms with Gasteiger partial charge in [-0.3, -0.25) is 4.98 Å². The van der Waals surface area contributed by atoms with Crippen LogP contribution in [-0.4, -0.2) is 11.1 Å². The molecule has 0 spiro atoms. The number of halogens is 1. The summed E-state index contributed by atoms with van der Waals surface area (Å²) >= 11 is 5.87. The van der Waals surface area contributed by atoms with Gasteiger partial charge in [0.15, 0.2) is 0 Å². The lowest BCUT2D eigenvalue weighted by Crippen LogP contribution is -2.03. The lowest BCUT2D eigenvalue weighted by atomic mass is 10.3. The molecule has 1 aromatic heterocycles. The van der Waals surface area contributed by atoms with Gasteiger partial charge in [0.25, 0.3) is 0 Å². The molecule has 0 saturated carbocycles. The highest BCUT2D eigenvalue weighted by atomic mass is 35.5. The van der Waals surface area contributed by atoms with E-state index in [1.807, 2.05) is 19.9 Å². The van der Waals surface area contributed by atoms with Gasteiger partial charge in [-0.1, -0.05) is 11.6 Å². The van der Waals surface area contributed by atoms with Crippen LogP contribution in [0.5, 0.6) is 0 Å². The van der Waals surface area contributed by atoms with Gasteiger partial charge in [-0.25, -0.2) is 0 Å². The fourth-order valence-electron chi connectivity index (χ4n) is 0.770. The maximum Gasteiger partial charge on any atom is 0.0906 e. The van der Waals surface area contributed by atoms with Crippen molar-refractivity contribution in [1.82, 2.24) is 4.98 Å². The third kappa shape index (κ3) is 2.80. The largest absolute Gasteiger partial charge is 0.372 e. The summed E-state index contributed by atoms with van der Waals surface area (Å²) in [5.41, 5.74) is 0.799. The molecule has 1 aromatic rings. The van der Waals surface area contributed by atoms with Gasteiger partial charge in [0.05, 0.1) is 23.4 Å². The summed E-state index contributed by atoms with van der Waals surface area (Å²) in [5.74, 6) is 0. The van der Waals surface area contributed by atoms with Gasteiger partial charge >= 0.3 is 0 Å². The molecule has 2 nitrogen and oxygen atoms in total. The standard InChI is InChI=1S/C9H12ClNO/c1-7(2)12-6-9-8(10)4-3-5-11-9/h3-5,7H,6H2,1-2H3. The SMILES string of the molecule is CC(C)OCc1ncccc1Cl. The highest BCUT2D eigenvalue weighted by molar-refractivity contribution is 6.31. The summed E-state index contributed by atoms with van der Waals surface area (Å²) < 4.78 is 5.36. The molecule has 66 valence electrons. The van der Waals surface area contributed by atoms with Crippen LogP contribution in [0.15, 0.2) is 18.3 Å². The summed E-state index contributed by atoms with van der Waals surface area (Å²) in [6.45, 7) is 4.45. The van der Waals surface area contributed by atoms with E-state index in [4.69, 9.17) is 16.3 Å². The van der Waals surface area contributed by atoms with Gasteiger partial charge in [0.2, 0.25) is 0 Å². The van der Waals surface area contributed by atoms with Crippen LogP contribution < -0.4 is 0 Å². The zero-order valence-corrected chi connectivity index (χ0v) is 8.01. The molecule has 1 heterocycles. The summed E-state index contributed by atoms with van der Waals surface area (Å²) in [7, 11) is 0. The Balaban J connectivity index is 2.57. The Morgan fingerprint density at radius 3 is 2.92 bits per heavy atom. The van der Waals surface area contributed by atoms with Crippen LogP contribution in [0.25, 0.3) is 0 Å². The number of ether oxygens (including phenoxy) is 1. The van der Waals surface area contributed by atoms with E-state index in [0.29, 0.717) is 11.6 Å². The minimum atomic E-state index is 0.211. The van der Waals surface area contributed by atoms with Crippen molar-refractivity contribution in [3.05, 3.63) is 29.0 Å². The number of hydrogen-bond donors (Lipinski definition) is 0. The van der Waals surface area contributed by atoms with Crippen molar-refractivity contribution in [3.63, 3.8) is 0 Å². The molecule has 12 heavy (non-hydrogen) atoms. The van der Waals surface area contributed by atoms with Crippen LogP contribution in [0, 0.1) is 0 Å². The molecule has 0 amide bonds. The summed E-state index contributed by atoms with van der Waals surface area (Å²) in [4.78, 5) is 4.09. The van der Waals surface area contributed by atoms with E-state index in [-0.39, 0.29) is 6.10 Å². The van der Waals surface area contributed by atoms with Gasteiger partial charge in [-0.2, -0.15) is 0 Å². The Morgan fingerprint density at radius 1 is 1.58 bits per heavy atom. The van der Waals surface area contributed by atoms with Crippen molar-refractivity contribution in [2.24, 2.45) is 0 Å². The van der Waals surface area contributed by atoms with Crippen LogP contribution in [0.2, 0.25) is 5.02 Å². The highest BCUT2D eigenvalue weighted by Crippen LogP contribution is 2.13. The lowest BCUT2D eigenvalue weighted by Gasteiger charge is -2.07. The Bertz CT molecular complexity index is 250. The van der Waals surface area contributed by atoms with Gasteiger partial charge in [0.1, 0.15) is 0 Å². The Labute approximate surface area is 77.5 Å². The molecule has 0 N–H and O–H groups in total. The topological polar surface area (TPSA) is 22.1 Å².